The van der Waals surface area contributed by atoms with Crippen LogP contribution in [0.1, 0.15) is 27.9 Å². The van der Waals surface area contributed by atoms with E-state index in [1.807, 2.05) is 44.3 Å². The largest absolute Gasteiger partial charge is 0.507 e. The summed E-state index contributed by atoms with van der Waals surface area (Å²) in [7, 11) is 0. The fourth-order valence-corrected chi connectivity index (χ4v) is 2.99. The molecule has 6 nitrogen and oxygen atoms in total. The molecule has 0 aliphatic carbocycles. The minimum absolute atomic E-state index is 0.0360. The molecule has 1 aromatic heterocycles. The molecule has 0 aliphatic rings. The number of nitro groups is 1. The first kappa shape index (κ1) is 19.4. The van der Waals surface area contributed by atoms with Crippen molar-refractivity contribution in [1.29, 1.82) is 0 Å². The van der Waals surface area contributed by atoms with Crippen LogP contribution in [0.25, 0.3) is 0 Å². The van der Waals surface area contributed by atoms with E-state index in [-0.39, 0.29) is 5.69 Å². The lowest BCUT2D eigenvalue weighted by Gasteiger charge is -2.09. The van der Waals surface area contributed by atoms with Crippen molar-refractivity contribution >= 4 is 5.69 Å². The number of phenols is 1. The summed E-state index contributed by atoms with van der Waals surface area (Å²) >= 11 is 0. The van der Waals surface area contributed by atoms with Crippen LogP contribution in [0.5, 0.6) is 11.5 Å². The van der Waals surface area contributed by atoms with Crippen LogP contribution in [0, 0.1) is 24.0 Å². The predicted octanol–water partition coefficient (Wildman–Crippen LogP) is 4.68. The molecule has 0 radical (unpaired) electrons. The van der Waals surface area contributed by atoms with E-state index >= 15 is 0 Å². The molecular formula is C22H22N2O4. The maximum atomic E-state index is 10.7. The quantitative estimate of drug-likeness (QED) is 0.477. The standard InChI is InChI=1S/C22H22N2O4/c1-15-11-18(12-16(2)22(15)25)4-3-17-5-6-19(23-13-17)14-28-21-9-7-20(8-10-21)24(26)27/h5-13,25H,3-4,14H2,1-2H3. The Morgan fingerprint density at radius 1 is 1.00 bits per heavy atom. The Kier molecular flexibility index (Phi) is 5.89. The van der Waals surface area contributed by atoms with Gasteiger partial charge in [-0.3, -0.25) is 15.1 Å². The zero-order chi connectivity index (χ0) is 20.1. The molecule has 0 spiro atoms. The van der Waals surface area contributed by atoms with Crippen molar-refractivity contribution in [3.05, 3.63) is 92.8 Å². The third kappa shape index (κ3) is 4.85. The Morgan fingerprint density at radius 2 is 1.64 bits per heavy atom. The van der Waals surface area contributed by atoms with E-state index in [9.17, 15) is 15.2 Å². The van der Waals surface area contributed by atoms with Crippen LogP contribution in [-0.4, -0.2) is 15.0 Å². The number of non-ortho nitro benzene ring substituents is 1. The smallest absolute Gasteiger partial charge is 0.269 e. The lowest BCUT2D eigenvalue weighted by molar-refractivity contribution is -0.384. The molecule has 0 fully saturated rings. The second-order valence-electron chi connectivity index (χ2n) is 6.78. The number of phenolic OH excluding ortho intramolecular Hbond substituents is 1. The number of rotatable bonds is 7. The van der Waals surface area contributed by atoms with Gasteiger partial charge in [-0.25, -0.2) is 0 Å². The Hall–Kier alpha value is -3.41. The Balaban J connectivity index is 1.54. The topological polar surface area (TPSA) is 85.5 Å². The maximum Gasteiger partial charge on any atom is 0.269 e. The molecule has 2 aromatic carbocycles. The number of aryl methyl sites for hydroxylation is 4. The fourth-order valence-electron chi connectivity index (χ4n) is 2.99. The number of hydrogen-bond acceptors (Lipinski definition) is 5. The molecule has 0 amide bonds. The molecule has 144 valence electrons. The van der Waals surface area contributed by atoms with Crippen molar-refractivity contribution in [2.24, 2.45) is 0 Å². The number of pyridine rings is 1. The molecule has 3 rings (SSSR count). The Bertz CT molecular complexity index is 944. The number of benzene rings is 2. The van der Waals surface area contributed by atoms with Gasteiger partial charge in [0.1, 0.15) is 18.1 Å². The summed E-state index contributed by atoms with van der Waals surface area (Å²) in [6, 6.07) is 14.0. The van der Waals surface area contributed by atoms with E-state index in [1.165, 1.54) is 17.7 Å². The molecule has 0 aliphatic heterocycles. The van der Waals surface area contributed by atoms with Crippen molar-refractivity contribution in [2.45, 2.75) is 33.3 Å². The molecule has 28 heavy (non-hydrogen) atoms. The van der Waals surface area contributed by atoms with Crippen molar-refractivity contribution in [1.82, 2.24) is 4.98 Å². The third-order valence-electron chi connectivity index (χ3n) is 4.57. The minimum Gasteiger partial charge on any atom is -0.507 e. The molecule has 1 heterocycles. The molecule has 1 N–H and O–H groups in total. The highest BCUT2D eigenvalue weighted by molar-refractivity contribution is 5.42. The summed E-state index contributed by atoms with van der Waals surface area (Å²) in [6.07, 6.45) is 3.58. The summed E-state index contributed by atoms with van der Waals surface area (Å²) < 4.78 is 5.62. The first-order valence-corrected chi connectivity index (χ1v) is 9.02. The van der Waals surface area contributed by atoms with E-state index < -0.39 is 4.92 Å². The van der Waals surface area contributed by atoms with Crippen LogP contribution in [-0.2, 0) is 19.4 Å². The van der Waals surface area contributed by atoms with Crippen LogP contribution < -0.4 is 4.74 Å². The second-order valence-corrected chi connectivity index (χ2v) is 6.78. The van der Waals surface area contributed by atoms with Crippen LogP contribution in [0.2, 0.25) is 0 Å². The summed E-state index contributed by atoms with van der Waals surface area (Å²) in [5, 5.41) is 20.5. The lowest BCUT2D eigenvalue weighted by Crippen LogP contribution is -2.00. The highest BCUT2D eigenvalue weighted by Gasteiger charge is 2.06. The van der Waals surface area contributed by atoms with E-state index in [4.69, 9.17) is 4.74 Å². The van der Waals surface area contributed by atoms with Crippen molar-refractivity contribution in [2.75, 3.05) is 0 Å². The van der Waals surface area contributed by atoms with E-state index in [2.05, 4.69) is 4.98 Å². The highest BCUT2D eigenvalue weighted by Crippen LogP contribution is 2.23. The molecule has 0 atom stereocenters. The second kappa shape index (κ2) is 8.52. The number of hydrogen-bond donors (Lipinski definition) is 1. The fraction of sp³-hybridized carbons (Fsp3) is 0.227. The third-order valence-corrected chi connectivity index (χ3v) is 4.57. The summed E-state index contributed by atoms with van der Waals surface area (Å²) in [5.74, 6) is 0.928. The highest BCUT2D eigenvalue weighted by atomic mass is 16.6. The van der Waals surface area contributed by atoms with Crippen LogP contribution in [0.15, 0.2) is 54.7 Å². The van der Waals surface area contributed by atoms with Gasteiger partial charge in [-0.1, -0.05) is 18.2 Å². The van der Waals surface area contributed by atoms with Gasteiger partial charge in [-0.05, 0) is 67.1 Å². The Morgan fingerprint density at radius 3 is 2.21 bits per heavy atom. The van der Waals surface area contributed by atoms with Gasteiger partial charge in [0, 0.05) is 18.3 Å². The van der Waals surface area contributed by atoms with Gasteiger partial charge in [0.2, 0.25) is 0 Å². The minimum atomic E-state index is -0.440. The zero-order valence-corrected chi connectivity index (χ0v) is 15.9. The normalized spacial score (nSPS) is 10.6. The van der Waals surface area contributed by atoms with E-state index in [0.29, 0.717) is 18.1 Å². The van der Waals surface area contributed by atoms with E-state index in [1.54, 1.807) is 12.1 Å². The maximum absolute atomic E-state index is 10.7. The molecule has 0 saturated heterocycles. The van der Waals surface area contributed by atoms with Gasteiger partial charge < -0.3 is 9.84 Å². The number of nitro benzene ring substituents is 1. The monoisotopic (exact) mass is 378 g/mol. The average Bonchev–Trinajstić information content (AvgIpc) is 2.70. The van der Waals surface area contributed by atoms with Crippen molar-refractivity contribution in [3.8, 4) is 11.5 Å². The molecule has 6 heteroatoms. The number of aromatic hydroxyl groups is 1. The average molecular weight is 378 g/mol. The first-order valence-electron chi connectivity index (χ1n) is 9.02. The molecular weight excluding hydrogens is 356 g/mol. The van der Waals surface area contributed by atoms with Gasteiger partial charge >= 0.3 is 0 Å². The van der Waals surface area contributed by atoms with Gasteiger partial charge in [0.15, 0.2) is 0 Å². The van der Waals surface area contributed by atoms with E-state index in [0.717, 1.165) is 35.2 Å². The number of nitrogens with zero attached hydrogens (tertiary/aromatic N) is 2. The van der Waals surface area contributed by atoms with Gasteiger partial charge in [-0.15, -0.1) is 0 Å². The molecule has 3 aromatic rings. The lowest BCUT2D eigenvalue weighted by atomic mass is 10.0. The molecule has 0 saturated carbocycles. The van der Waals surface area contributed by atoms with Gasteiger partial charge in [0.05, 0.1) is 10.6 Å². The van der Waals surface area contributed by atoms with Gasteiger partial charge in [-0.2, -0.15) is 0 Å². The predicted molar refractivity (Wildman–Crippen MR) is 107 cm³/mol. The first-order chi connectivity index (χ1) is 13.4. The van der Waals surface area contributed by atoms with Crippen LogP contribution in [0.3, 0.4) is 0 Å². The van der Waals surface area contributed by atoms with Crippen LogP contribution >= 0.6 is 0 Å². The van der Waals surface area contributed by atoms with Crippen LogP contribution in [0.4, 0.5) is 5.69 Å². The van der Waals surface area contributed by atoms with Crippen molar-refractivity contribution < 1.29 is 14.8 Å². The number of ether oxygens (including phenoxy) is 1. The van der Waals surface area contributed by atoms with Gasteiger partial charge in [0.25, 0.3) is 5.69 Å². The zero-order valence-electron chi connectivity index (χ0n) is 15.9. The summed E-state index contributed by atoms with van der Waals surface area (Å²) in [5.41, 5.74) is 4.94. The Labute approximate surface area is 163 Å². The van der Waals surface area contributed by atoms with Crippen molar-refractivity contribution in [3.63, 3.8) is 0 Å². The summed E-state index contributed by atoms with van der Waals surface area (Å²) in [6.45, 7) is 4.12. The molecule has 0 bridgehead atoms. The number of aromatic nitrogens is 1. The molecule has 0 unspecified atom stereocenters. The summed E-state index contributed by atoms with van der Waals surface area (Å²) in [4.78, 5) is 14.6. The SMILES string of the molecule is Cc1cc(CCc2ccc(COc3ccc([N+](=O)[O-])cc3)nc2)cc(C)c1O.